The fraction of sp³-hybridized carbons (Fsp3) is 0.346. The van der Waals surface area contributed by atoms with Gasteiger partial charge in [-0.3, -0.25) is 9.88 Å². The van der Waals surface area contributed by atoms with Crippen LogP contribution in [-0.4, -0.2) is 49.8 Å². The standard InChI is InChI=1S/C24H26N4O.C2HF3O2/c1-17-8-9-20(29-17)15-28-12-10-18(11-13-28)21-14-22-24(25-16-27(22)2)23(26-21)19-6-4-3-5-7-19;3-2(4,5)1(6)7/h3-9,14,16,18H,10-13,15H2,1-2H3;(H,6,7). The lowest BCUT2D eigenvalue weighted by atomic mass is 9.92. The van der Waals surface area contributed by atoms with Crippen molar-refractivity contribution < 1.29 is 27.5 Å². The van der Waals surface area contributed by atoms with E-state index in [2.05, 4.69) is 57.9 Å². The lowest BCUT2D eigenvalue weighted by Gasteiger charge is -2.31. The van der Waals surface area contributed by atoms with E-state index in [4.69, 9.17) is 19.3 Å². The fourth-order valence-electron chi connectivity index (χ4n) is 4.33. The molecule has 0 radical (unpaired) electrons. The Hall–Kier alpha value is -3.66. The number of likely N-dealkylation sites (tertiary alicyclic amines) is 1. The molecule has 0 atom stereocenters. The molecule has 0 aliphatic carbocycles. The molecule has 10 heteroatoms. The van der Waals surface area contributed by atoms with Crippen LogP contribution in [0.5, 0.6) is 0 Å². The summed E-state index contributed by atoms with van der Waals surface area (Å²) in [5.41, 5.74) is 5.44. The molecular formula is C26H27F3N4O3. The van der Waals surface area contributed by atoms with Crippen molar-refractivity contribution >= 4 is 17.0 Å². The van der Waals surface area contributed by atoms with Crippen LogP contribution in [0.1, 0.15) is 36.0 Å². The van der Waals surface area contributed by atoms with Gasteiger partial charge >= 0.3 is 12.1 Å². The average molecular weight is 501 g/mol. The molecule has 3 aromatic heterocycles. The van der Waals surface area contributed by atoms with E-state index in [1.165, 1.54) is 5.69 Å². The molecule has 4 heterocycles. The van der Waals surface area contributed by atoms with E-state index < -0.39 is 12.1 Å². The molecule has 0 saturated carbocycles. The summed E-state index contributed by atoms with van der Waals surface area (Å²) in [5, 5.41) is 7.12. The molecule has 5 rings (SSSR count). The third-order valence-corrected chi connectivity index (χ3v) is 6.20. The van der Waals surface area contributed by atoms with Gasteiger partial charge < -0.3 is 14.1 Å². The first kappa shape index (κ1) is 25.4. The predicted molar refractivity (Wildman–Crippen MR) is 128 cm³/mol. The molecule has 7 nitrogen and oxygen atoms in total. The molecule has 4 aromatic rings. The lowest BCUT2D eigenvalue weighted by Crippen LogP contribution is -2.32. The van der Waals surface area contributed by atoms with E-state index in [1.807, 2.05) is 25.4 Å². The number of fused-ring (bicyclic) bond motifs is 1. The summed E-state index contributed by atoms with van der Waals surface area (Å²) >= 11 is 0. The number of carboxylic acids is 1. The van der Waals surface area contributed by atoms with Crippen LogP contribution in [0.3, 0.4) is 0 Å². The van der Waals surface area contributed by atoms with Crippen molar-refractivity contribution in [3.05, 3.63) is 72.1 Å². The van der Waals surface area contributed by atoms with E-state index in [-0.39, 0.29) is 0 Å². The van der Waals surface area contributed by atoms with Crippen molar-refractivity contribution in [1.29, 1.82) is 0 Å². The molecule has 0 unspecified atom stereocenters. The number of rotatable bonds is 4. The minimum Gasteiger partial charge on any atom is -0.475 e. The molecule has 1 N–H and O–H groups in total. The number of carboxylic acid groups (broad SMARTS) is 1. The van der Waals surface area contributed by atoms with E-state index in [0.717, 1.165) is 66.3 Å². The molecular weight excluding hydrogens is 473 g/mol. The Labute approximate surface area is 206 Å². The van der Waals surface area contributed by atoms with Gasteiger partial charge in [-0.1, -0.05) is 30.3 Å². The second-order valence-corrected chi connectivity index (χ2v) is 8.85. The zero-order valence-electron chi connectivity index (χ0n) is 20.0. The smallest absolute Gasteiger partial charge is 0.475 e. The predicted octanol–water partition coefficient (Wildman–Crippen LogP) is 5.55. The van der Waals surface area contributed by atoms with Crippen LogP contribution in [0.4, 0.5) is 13.2 Å². The van der Waals surface area contributed by atoms with Crippen molar-refractivity contribution in [2.75, 3.05) is 13.1 Å². The number of piperidine rings is 1. The van der Waals surface area contributed by atoms with Gasteiger partial charge in [0.05, 0.1) is 24.1 Å². The molecule has 1 aromatic carbocycles. The number of aliphatic carboxylic acids is 1. The van der Waals surface area contributed by atoms with Crippen LogP contribution >= 0.6 is 0 Å². The lowest BCUT2D eigenvalue weighted by molar-refractivity contribution is -0.192. The van der Waals surface area contributed by atoms with E-state index in [9.17, 15) is 13.2 Å². The summed E-state index contributed by atoms with van der Waals surface area (Å²) in [6, 6.07) is 16.8. The van der Waals surface area contributed by atoms with Crippen LogP contribution < -0.4 is 0 Å². The normalized spacial score (nSPS) is 15.0. The van der Waals surface area contributed by atoms with E-state index in [1.54, 1.807) is 0 Å². The van der Waals surface area contributed by atoms with Gasteiger partial charge in [-0.05, 0) is 51.1 Å². The highest BCUT2D eigenvalue weighted by Crippen LogP contribution is 2.33. The number of pyridine rings is 1. The first-order valence-electron chi connectivity index (χ1n) is 11.6. The summed E-state index contributed by atoms with van der Waals surface area (Å²) in [6.07, 6.45) is -0.967. The fourth-order valence-corrected chi connectivity index (χ4v) is 4.33. The van der Waals surface area contributed by atoms with Crippen molar-refractivity contribution in [2.24, 2.45) is 7.05 Å². The van der Waals surface area contributed by atoms with Gasteiger partial charge in [0.25, 0.3) is 0 Å². The molecule has 1 saturated heterocycles. The number of furan rings is 1. The third-order valence-electron chi connectivity index (χ3n) is 6.20. The second-order valence-electron chi connectivity index (χ2n) is 8.85. The number of alkyl halides is 3. The van der Waals surface area contributed by atoms with Gasteiger partial charge in [0.15, 0.2) is 0 Å². The minimum absolute atomic E-state index is 0.478. The zero-order valence-corrected chi connectivity index (χ0v) is 20.0. The molecule has 1 fully saturated rings. The highest BCUT2D eigenvalue weighted by atomic mass is 19.4. The number of aryl methyl sites for hydroxylation is 2. The van der Waals surface area contributed by atoms with Crippen LogP contribution in [0.25, 0.3) is 22.3 Å². The maximum absolute atomic E-state index is 10.6. The quantitative estimate of drug-likeness (QED) is 0.396. The summed E-state index contributed by atoms with van der Waals surface area (Å²) in [7, 11) is 2.06. The molecule has 1 aliphatic heterocycles. The average Bonchev–Trinajstić information content (AvgIpc) is 3.44. The summed E-state index contributed by atoms with van der Waals surface area (Å²) < 4.78 is 39.6. The van der Waals surface area contributed by atoms with Gasteiger partial charge in [0, 0.05) is 24.2 Å². The number of hydrogen-bond acceptors (Lipinski definition) is 5. The largest absolute Gasteiger partial charge is 0.490 e. The molecule has 1 aliphatic rings. The molecule has 0 spiro atoms. The number of nitrogens with zero attached hydrogens (tertiary/aromatic N) is 4. The Morgan fingerprint density at radius 2 is 1.81 bits per heavy atom. The van der Waals surface area contributed by atoms with Crippen molar-refractivity contribution in [3.8, 4) is 11.3 Å². The Balaban J connectivity index is 0.000000384. The van der Waals surface area contributed by atoms with Crippen LogP contribution in [0.2, 0.25) is 0 Å². The highest BCUT2D eigenvalue weighted by Gasteiger charge is 2.38. The van der Waals surface area contributed by atoms with Gasteiger partial charge in [-0.2, -0.15) is 13.2 Å². The number of benzene rings is 1. The maximum atomic E-state index is 10.6. The molecule has 0 amide bonds. The Morgan fingerprint density at radius 1 is 1.14 bits per heavy atom. The third kappa shape index (κ3) is 5.93. The summed E-state index contributed by atoms with van der Waals surface area (Å²) in [4.78, 5) is 21.1. The highest BCUT2D eigenvalue weighted by molar-refractivity contribution is 5.90. The summed E-state index contributed by atoms with van der Waals surface area (Å²) in [5.74, 6) is -0.238. The number of aromatic nitrogens is 3. The van der Waals surface area contributed by atoms with Gasteiger partial charge in [0.1, 0.15) is 17.0 Å². The van der Waals surface area contributed by atoms with E-state index >= 15 is 0 Å². The number of imidazole rings is 1. The monoisotopic (exact) mass is 500 g/mol. The van der Waals surface area contributed by atoms with E-state index in [0.29, 0.717) is 5.92 Å². The van der Waals surface area contributed by atoms with Gasteiger partial charge in [-0.25, -0.2) is 9.78 Å². The topological polar surface area (TPSA) is 84.4 Å². The SMILES string of the molecule is Cc1ccc(CN2CCC(c3cc4c(ncn4C)c(-c4ccccc4)n3)CC2)o1.O=C(O)C(F)(F)F. The van der Waals surface area contributed by atoms with Crippen LogP contribution in [0, 0.1) is 6.92 Å². The maximum Gasteiger partial charge on any atom is 0.490 e. The van der Waals surface area contributed by atoms with Crippen molar-refractivity contribution in [1.82, 2.24) is 19.4 Å². The number of hydrogen-bond donors (Lipinski definition) is 1. The van der Waals surface area contributed by atoms with Crippen LogP contribution in [0.15, 0.2) is 59.3 Å². The first-order chi connectivity index (χ1) is 17.1. The van der Waals surface area contributed by atoms with Crippen molar-refractivity contribution in [2.45, 2.75) is 38.4 Å². The Morgan fingerprint density at radius 3 is 2.39 bits per heavy atom. The number of halogens is 3. The summed E-state index contributed by atoms with van der Waals surface area (Å²) in [6.45, 7) is 5.02. The van der Waals surface area contributed by atoms with Gasteiger partial charge in [0.2, 0.25) is 0 Å². The zero-order chi connectivity index (χ0) is 25.9. The minimum atomic E-state index is -5.08. The van der Waals surface area contributed by atoms with Crippen molar-refractivity contribution in [3.63, 3.8) is 0 Å². The molecule has 36 heavy (non-hydrogen) atoms. The first-order valence-corrected chi connectivity index (χ1v) is 11.6. The molecule has 0 bridgehead atoms. The molecule has 190 valence electrons. The second kappa shape index (κ2) is 10.5. The number of carbonyl (C=O) groups is 1. The Bertz CT molecular complexity index is 1320. The Kier molecular flexibility index (Phi) is 7.44. The van der Waals surface area contributed by atoms with Gasteiger partial charge in [-0.15, -0.1) is 0 Å². The van der Waals surface area contributed by atoms with Crippen LogP contribution in [-0.2, 0) is 18.4 Å².